The fourth-order valence-electron chi connectivity index (χ4n) is 1.49. The van der Waals surface area contributed by atoms with Crippen molar-refractivity contribution in [2.24, 2.45) is 22.2 Å². The first kappa shape index (κ1) is 16.7. The maximum absolute atomic E-state index is 11.1. The van der Waals surface area contributed by atoms with Crippen LogP contribution in [0.3, 0.4) is 0 Å². The summed E-state index contributed by atoms with van der Waals surface area (Å²) in [6.45, 7) is 0.147. The molecule has 0 aliphatic carbocycles. The first-order valence-corrected chi connectivity index (χ1v) is 5.72. The van der Waals surface area contributed by atoms with E-state index in [0.717, 1.165) is 0 Å². The molecule has 0 radical (unpaired) electrons. The van der Waals surface area contributed by atoms with E-state index in [-0.39, 0.29) is 31.7 Å². The Balaban J connectivity index is 4.18. The van der Waals surface area contributed by atoms with E-state index in [1.54, 1.807) is 0 Å². The number of aliphatic carboxylic acids is 1. The zero-order valence-electron chi connectivity index (χ0n) is 10.2. The smallest absolute Gasteiger partial charge is 0.451 e. The third-order valence-corrected chi connectivity index (χ3v) is 2.61. The molecule has 0 bridgehead atoms. The van der Waals surface area contributed by atoms with Gasteiger partial charge in [0.25, 0.3) is 0 Å². The van der Waals surface area contributed by atoms with Gasteiger partial charge in [-0.1, -0.05) is 12.8 Å². The summed E-state index contributed by atoms with van der Waals surface area (Å²) < 4.78 is 0. The van der Waals surface area contributed by atoms with Gasteiger partial charge in [0.1, 0.15) is 5.54 Å². The second kappa shape index (κ2) is 7.91. The van der Waals surface area contributed by atoms with E-state index in [4.69, 9.17) is 32.4 Å². The quantitative estimate of drug-likeness (QED) is 0.121. The van der Waals surface area contributed by atoms with Crippen molar-refractivity contribution in [2.45, 2.75) is 37.5 Å². The zero-order valence-corrected chi connectivity index (χ0v) is 10.2. The SMILES string of the molecule is NC(N)=NCCC(N)(CCCCB(O)O)C(=O)O. The van der Waals surface area contributed by atoms with E-state index in [2.05, 4.69) is 4.99 Å². The average molecular weight is 260 g/mol. The number of nitrogens with two attached hydrogens (primary N) is 3. The Morgan fingerprint density at radius 1 is 1.22 bits per heavy atom. The van der Waals surface area contributed by atoms with Crippen LogP contribution >= 0.6 is 0 Å². The number of hydrogen-bond donors (Lipinski definition) is 6. The molecule has 9 heteroatoms. The Labute approximate surface area is 106 Å². The highest BCUT2D eigenvalue weighted by Gasteiger charge is 2.32. The molecule has 0 rings (SSSR count). The number of carboxylic acids is 1. The standard InChI is InChI=1S/C9H21BN4O4/c11-8(12)14-6-4-9(13,7(15)16)3-1-2-5-10(17)18/h17-18H,1-6,13H2,(H,15,16)(H4,11,12,14). The lowest BCUT2D eigenvalue weighted by molar-refractivity contribution is -0.143. The Bertz CT molecular complexity index is 296. The van der Waals surface area contributed by atoms with Gasteiger partial charge in [-0.15, -0.1) is 0 Å². The summed E-state index contributed by atoms with van der Waals surface area (Å²) in [5, 5.41) is 26.4. The van der Waals surface area contributed by atoms with Crippen molar-refractivity contribution in [1.29, 1.82) is 0 Å². The van der Waals surface area contributed by atoms with Crippen LogP contribution in [0.2, 0.25) is 6.32 Å². The molecule has 0 aromatic heterocycles. The number of carbonyl (C=O) groups is 1. The predicted octanol–water partition coefficient (Wildman–Crippen LogP) is -1.92. The third-order valence-electron chi connectivity index (χ3n) is 2.61. The van der Waals surface area contributed by atoms with E-state index in [9.17, 15) is 4.79 Å². The minimum absolute atomic E-state index is 0.105. The maximum atomic E-state index is 11.1. The molecule has 18 heavy (non-hydrogen) atoms. The summed E-state index contributed by atoms with van der Waals surface area (Å²) in [5.41, 5.74) is 14.7. The van der Waals surface area contributed by atoms with Crippen LogP contribution in [-0.2, 0) is 4.79 Å². The van der Waals surface area contributed by atoms with E-state index in [0.29, 0.717) is 12.8 Å². The fraction of sp³-hybridized carbons (Fsp3) is 0.778. The van der Waals surface area contributed by atoms with Crippen molar-refractivity contribution in [3.8, 4) is 0 Å². The van der Waals surface area contributed by atoms with Crippen LogP contribution in [0, 0.1) is 0 Å². The number of rotatable bonds is 9. The first-order valence-electron chi connectivity index (χ1n) is 5.72. The van der Waals surface area contributed by atoms with Crippen LogP contribution in [0.15, 0.2) is 4.99 Å². The van der Waals surface area contributed by atoms with Crippen LogP contribution in [0.4, 0.5) is 0 Å². The van der Waals surface area contributed by atoms with Crippen LogP contribution < -0.4 is 17.2 Å². The summed E-state index contributed by atoms with van der Waals surface area (Å²) in [5.74, 6) is -1.22. The highest BCUT2D eigenvalue weighted by Crippen LogP contribution is 2.17. The van der Waals surface area contributed by atoms with Gasteiger partial charge in [-0.05, 0) is 19.2 Å². The van der Waals surface area contributed by atoms with Gasteiger partial charge in [-0.25, -0.2) is 0 Å². The minimum atomic E-state index is -1.39. The zero-order chi connectivity index (χ0) is 14.2. The van der Waals surface area contributed by atoms with Crippen LogP contribution in [0.25, 0.3) is 0 Å². The Hall–Kier alpha value is -1.32. The molecule has 0 saturated carbocycles. The molecule has 8 nitrogen and oxygen atoms in total. The summed E-state index contributed by atoms with van der Waals surface area (Å²) in [6, 6.07) is 0. The van der Waals surface area contributed by atoms with Gasteiger partial charge in [0.15, 0.2) is 5.96 Å². The molecule has 0 saturated heterocycles. The number of hydrogen-bond acceptors (Lipinski definition) is 5. The number of guanidine groups is 1. The summed E-state index contributed by atoms with van der Waals surface area (Å²) in [4.78, 5) is 14.8. The molecule has 0 spiro atoms. The number of unbranched alkanes of at least 4 members (excludes halogenated alkanes) is 1. The van der Waals surface area contributed by atoms with Gasteiger partial charge < -0.3 is 32.4 Å². The van der Waals surface area contributed by atoms with Gasteiger partial charge in [-0.3, -0.25) is 9.79 Å². The summed E-state index contributed by atoms with van der Waals surface area (Å²) in [6.07, 6.45) is 1.54. The van der Waals surface area contributed by atoms with Crippen LogP contribution in [-0.4, -0.2) is 46.3 Å². The lowest BCUT2D eigenvalue weighted by Crippen LogP contribution is -2.48. The number of nitrogens with zero attached hydrogens (tertiary/aromatic N) is 1. The molecule has 0 aromatic rings. The molecule has 9 N–H and O–H groups in total. The molecule has 1 atom stereocenters. The Morgan fingerprint density at radius 3 is 2.28 bits per heavy atom. The molecule has 0 amide bonds. The molecule has 0 aromatic carbocycles. The maximum Gasteiger partial charge on any atom is 0.451 e. The van der Waals surface area contributed by atoms with E-state index in [1.165, 1.54) is 0 Å². The van der Waals surface area contributed by atoms with E-state index >= 15 is 0 Å². The minimum Gasteiger partial charge on any atom is -0.480 e. The van der Waals surface area contributed by atoms with Gasteiger partial charge in [0.05, 0.1) is 0 Å². The lowest BCUT2D eigenvalue weighted by atomic mass is 9.81. The van der Waals surface area contributed by atoms with Crippen molar-refractivity contribution in [3.63, 3.8) is 0 Å². The Kier molecular flexibility index (Phi) is 7.33. The molecule has 0 heterocycles. The molecular weight excluding hydrogens is 239 g/mol. The normalized spacial score (nSPS) is 13.7. The summed E-state index contributed by atoms with van der Waals surface area (Å²) >= 11 is 0. The first-order chi connectivity index (χ1) is 8.28. The Morgan fingerprint density at radius 2 is 1.83 bits per heavy atom. The second-order valence-electron chi connectivity index (χ2n) is 4.24. The van der Waals surface area contributed by atoms with Gasteiger partial charge in [0.2, 0.25) is 0 Å². The third kappa shape index (κ3) is 7.10. The lowest BCUT2D eigenvalue weighted by Gasteiger charge is -2.23. The van der Waals surface area contributed by atoms with Crippen molar-refractivity contribution in [1.82, 2.24) is 0 Å². The second-order valence-corrected chi connectivity index (χ2v) is 4.24. The molecule has 104 valence electrons. The predicted molar refractivity (Wildman–Crippen MR) is 68.7 cm³/mol. The van der Waals surface area contributed by atoms with E-state index in [1.807, 2.05) is 0 Å². The number of carboxylic acid groups (broad SMARTS) is 1. The highest BCUT2D eigenvalue weighted by atomic mass is 16.4. The van der Waals surface area contributed by atoms with Crippen molar-refractivity contribution in [3.05, 3.63) is 0 Å². The average Bonchev–Trinajstić information content (AvgIpc) is 2.23. The van der Waals surface area contributed by atoms with Gasteiger partial charge in [0, 0.05) is 6.54 Å². The molecule has 1 unspecified atom stereocenters. The highest BCUT2D eigenvalue weighted by molar-refractivity contribution is 6.40. The fourth-order valence-corrected chi connectivity index (χ4v) is 1.49. The van der Waals surface area contributed by atoms with Gasteiger partial charge in [-0.2, -0.15) is 0 Å². The van der Waals surface area contributed by atoms with Crippen molar-refractivity contribution >= 4 is 19.0 Å². The molecule has 0 aliphatic heterocycles. The van der Waals surface area contributed by atoms with Crippen molar-refractivity contribution < 1.29 is 19.9 Å². The topological polar surface area (TPSA) is 168 Å². The van der Waals surface area contributed by atoms with Gasteiger partial charge >= 0.3 is 13.1 Å². The van der Waals surface area contributed by atoms with E-state index < -0.39 is 18.6 Å². The summed E-state index contributed by atoms with van der Waals surface area (Å²) in [7, 11) is -1.37. The molecule has 0 fully saturated rings. The largest absolute Gasteiger partial charge is 0.480 e. The monoisotopic (exact) mass is 260 g/mol. The van der Waals surface area contributed by atoms with Crippen LogP contribution in [0.5, 0.6) is 0 Å². The van der Waals surface area contributed by atoms with Crippen LogP contribution in [0.1, 0.15) is 25.7 Å². The number of aliphatic imine (C=N–C) groups is 1. The van der Waals surface area contributed by atoms with Crippen molar-refractivity contribution in [2.75, 3.05) is 6.54 Å². The molecule has 0 aliphatic rings. The molecular formula is C9H21BN4O4.